The number of carbonyl (C=O) groups is 1. The van der Waals surface area contributed by atoms with Crippen LogP contribution in [0.5, 0.6) is 0 Å². The van der Waals surface area contributed by atoms with Crippen LogP contribution in [0.25, 0.3) is 6.08 Å². The number of hydrogen-bond acceptors (Lipinski definition) is 2. The molecule has 0 saturated heterocycles. The summed E-state index contributed by atoms with van der Waals surface area (Å²) in [4.78, 5) is 11.0. The van der Waals surface area contributed by atoms with Crippen LogP contribution in [0.4, 0.5) is 0 Å². The van der Waals surface area contributed by atoms with Crippen molar-refractivity contribution in [1.29, 1.82) is 0 Å². The van der Waals surface area contributed by atoms with Crippen molar-refractivity contribution in [2.45, 2.75) is 6.92 Å². The summed E-state index contributed by atoms with van der Waals surface area (Å²) < 4.78 is 5.94. The molecule has 2 nitrogen and oxygen atoms in total. The van der Waals surface area contributed by atoms with Gasteiger partial charge in [-0.1, -0.05) is 12.1 Å². The molecule has 14 heavy (non-hydrogen) atoms. The van der Waals surface area contributed by atoms with E-state index in [2.05, 4.69) is 22.6 Å². The summed E-state index contributed by atoms with van der Waals surface area (Å²) in [6, 6.07) is 7.89. The molecule has 0 aliphatic heterocycles. The van der Waals surface area contributed by atoms with Crippen molar-refractivity contribution >= 4 is 34.6 Å². The molecule has 0 fully saturated rings. The van der Waals surface area contributed by atoms with Crippen molar-refractivity contribution in [3.8, 4) is 0 Å². The summed E-state index contributed by atoms with van der Waals surface area (Å²) in [5.74, 6) is -0.300. The first-order valence-corrected chi connectivity index (χ1v) is 5.40. The number of ether oxygens (including phenoxy) is 1. The van der Waals surface area contributed by atoms with Gasteiger partial charge >= 0.3 is 5.97 Å². The minimum Gasteiger partial charge on any atom is -0.463 e. The lowest BCUT2D eigenvalue weighted by Crippen LogP contribution is -1.98. The van der Waals surface area contributed by atoms with Crippen molar-refractivity contribution < 1.29 is 9.53 Å². The Bertz CT molecular complexity index is 328. The molecule has 0 aliphatic carbocycles. The normalized spacial score (nSPS) is 10.4. The fourth-order valence-electron chi connectivity index (χ4n) is 0.929. The van der Waals surface area contributed by atoms with E-state index in [0.29, 0.717) is 6.61 Å². The highest BCUT2D eigenvalue weighted by Gasteiger charge is 1.93. The van der Waals surface area contributed by atoms with Gasteiger partial charge in [-0.15, -0.1) is 0 Å². The first kappa shape index (κ1) is 11.2. The van der Waals surface area contributed by atoms with E-state index in [-0.39, 0.29) is 5.97 Å². The third kappa shape index (κ3) is 3.91. The van der Waals surface area contributed by atoms with Gasteiger partial charge in [0.15, 0.2) is 0 Å². The van der Waals surface area contributed by atoms with Crippen LogP contribution in [0.2, 0.25) is 0 Å². The second-order valence-corrected chi connectivity index (χ2v) is 3.88. The van der Waals surface area contributed by atoms with Crippen LogP contribution in [0.15, 0.2) is 30.3 Å². The maximum atomic E-state index is 11.0. The fourth-order valence-corrected chi connectivity index (χ4v) is 1.29. The van der Waals surface area contributed by atoms with E-state index in [1.54, 1.807) is 13.0 Å². The summed E-state index contributed by atoms with van der Waals surface area (Å²) in [5.41, 5.74) is 0.999. The molecule has 0 aromatic heterocycles. The summed E-state index contributed by atoms with van der Waals surface area (Å²) >= 11 is 2.24. The number of rotatable bonds is 3. The number of halogens is 1. The third-order valence-corrected chi connectivity index (χ3v) is 2.29. The van der Waals surface area contributed by atoms with Crippen molar-refractivity contribution in [2.24, 2.45) is 0 Å². The van der Waals surface area contributed by atoms with Crippen LogP contribution < -0.4 is 0 Å². The Morgan fingerprint density at radius 1 is 1.43 bits per heavy atom. The number of benzene rings is 1. The van der Waals surface area contributed by atoms with E-state index in [1.165, 1.54) is 9.65 Å². The van der Waals surface area contributed by atoms with Crippen LogP contribution in [-0.2, 0) is 9.53 Å². The molecule has 0 amide bonds. The van der Waals surface area contributed by atoms with Gasteiger partial charge in [0.1, 0.15) is 0 Å². The molecule has 0 aliphatic rings. The SMILES string of the molecule is CCOC(=O)/C=C/c1ccc(I)cc1. The van der Waals surface area contributed by atoms with Crippen LogP contribution in [0, 0.1) is 3.57 Å². The van der Waals surface area contributed by atoms with Crippen molar-refractivity contribution in [3.05, 3.63) is 39.5 Å². The molecule has 0 atom stereocenters. The topological polar surface area (TPSA) is 26.3 Å². The predicted molar refractivity (Wildman–Crippen MR) is 64.8 cm³/mol. The Labute approximate surface area is 97.1 Å². The average Bonchev–Trinajstić information content (AvgIpc) is 2.17. The van der Waals surface area contributed by atoms with Crippen LogP contribution in [-0.4, -0.2) is 12.6 Å². The molecule has 1 rings (SSSR count). The standard InChI is InChI=1S/C11H11IO2/c1-2-14-11(13)8-5-9-3-6-10(12)7-4-9/h3-8H,2H2,1H3/b8-5+. The maximum Gasteiger partial charge on any atom is 0.330 e. The largest absolute Gasteiger partial charge is 0.463 e. The smallest absolute Gasteiger partial charge is 0.330 e. The molecular formula is C11H11IO2. The highest BCUT2D eigenvalue weighted by molar-refractivity contribution is 14.1. The third-order valence-electron chi connectivity index (χ3n) is 1.57. The van der Waals surface area contributed by atoms with Crippen LogP contribution in [0.1, 0.15) is 12.5 Å². The number of hydrogen-bond donors (Lipinski definition) is 0. The molecule has 0 heterocycles. The summed E-state index contributed by atoms with van der Waals surface area (Å²) in [6.45, 7) is 2.20. The van der Waals surface area contributed by atoms with E-state index in [4.69, 9.17) is 4.74 Å². The Morgan fingerprint density at radius 2 is 2.07 bits per heavy atom. The molecule has 1 aromatic rings. The van der Waals surface area contributed by atoms with Gasteiger partial charge in [0.2, 0.25) is 0 Å². The molecule has 0 unspecified atom stereocenters. The Hall–Kier alpha value is -0.840. The Morgan fingerprint density at radius 3 is 2.64 bits per heavy atom. The van der Waals surface area contributed by atoms with Crippen LogP contribution >= 0.6 is 22.6 Å². The first-order valence-electron chi connectivity index (χ1n) is 4.33. The van der Waals surface area contributed by atoms with E-state index >= 15 is 0 Å². The Kier molecular flexibility index (Phi) is 4.65. The van der Waals surface area contributed by atoms with E-state index < -0.39 is 0 Å². The fraction of sp³-hybridized carbons (Fsp3) is 0.182. The minimum atomic E-state index is -0.300. The van der Waals surface area contributed by atoms with Gasteiger partial charge in [-0.2, -0.15) is 0 Å². The lowest BCUT2D eigenvalue weighted by molar-refractivity contribution is -0.137. The molecule has 0 saturated carbocycles. The van der Waals surface area contributed by atoms with Gasteiger partial charge in [0.05, 0.1) is 6.61 Å². The molecule has 0 bridgehead atoms. The summed E-state index contributed by atoms with van der Waals surface area (Å²) in [5, 5.41) is 0. The van der Waals surface area contributed by atoms with Gasteiger partial charge in [-0.3, -0.25) is 0 Å². The zero-order chi connectivity index (χ0) is 10.4. The average molecular weight is 302 g/mol. The van der Waals surface area contributed by atoms with Crippen molar-refractivity contribution in [1.82, 2.24) is 0 Å². The summed E-state index contributed by atoms with van der Waals surface area (Å²) in [7, 11) is 0. The second-order valence-electron chi connectivity index (χ2n) is 2.64. The number of carbonyl (C=O) groups excluding carboxylic acids is 1. The lowest BCUT2D eigenvalue weighted by atomic mass is 10.2. The molecule has 1 aromatic carbocycles. The predicted octanol–water partition coefficient (Wildman–Crippen LogP) is 2.87. The number of esters is 1. The van der Waals surface area contributed by atoms with Crippen molar-refractivity contribution in [3.63, 3.8) is 0 Å². The maximum absolute atomic E-state index is 11.0. The van der Waals surface area contributed by atoms with Gasteiger partial charge in [0, 0.05) is 9.65 Å². The van der Waals surface area contributed by atoms with E-state index in [0.717, 1.165) is 5.56 Å². The van der Waals surface area contributed by atoms with Gasteiger partial charge in [0.25, 0.3) is 0 Å². The van der Waals surface area contributed by atoms with Gasteiger partial charge < -0.3 is 4.74 Å². The highest BCUT2D eigenvalue weighted by atomic mass is 127. The first-order chi connectivity index (χ1) is 6.72. The van der Waals surface area contributed by atoms with Crippen molar-refractivity contribution in [2.75, 3.05) is 6.61 Å². The zero-order valence-electron chi connectivity index (χ0n) is 7.87. The molecule has 0 N–H and O–H groups in total. The van der Waals surface area contributed by atoms with Crippen LogP contribution in [0.3, 0.4) is 0 Å². The monoisotopic (exact) mass is 302 g/mol. The lowest BCUT2D eigenvalue weighted by Gasteiger charge is -1.95. The quantitative estimate of drug-likeness (QED) is 0.487. The minimum absolute atomic E-state index is 0.300. The molecular weight excluding hydrogens is 291 g/mol. The molecule has 0 radical (unpaired) electrons. The zero-order valence-corrected chi connectivity index (χ0v) is 10.0. The molecule has 74 valence electrons. The van der Waals surface area contributed by atoms with Gasteiger partial charge in [-0.25, -0.2) is 4.79 Å². The van der Waals surface area contributed by atoms with E-state index in [1.807, 2.05) is 24.3 Å². The highest BCUT2D eigenvalue weighted by Crippen LogP contribution is 2.07. The Balaban J connectivity index is 2.60. The molecule has 3 heteroatoms. The summed E-state index contributed by atoms with van der Waals surface area (Å²) in [6.07, 6.45) is 3.18. The van der Waals surface area contributed by atoms with Gasteiger partial charge in [-0.05, 0) is 53.3 Å². The second kappa shape index (κ2) is 5.80. The van der Waals surface area contributed by atoms with E-state index in [9.17, 15) is 4.79 Å². The molecule has 0 spiro atoms.